The van der Waals surface area contributed by atoms with Gasteiger partial charge in [-0.05, 0) is 6.92 Å². The first-order valence-electron chi connectivity index (χ1n) is 3.78. The van der Waals surface area contributed by atoms with Crippen molar-refractivity contribution in [1.29, 1.82) is 0 Å². The highest BCUT2D eigenvalue weighted by atomic mass is 32.2. The van der Waals surface area contributed by atoms with Gasteiger partial charge in [-0.3, -0.25) is 0 Å². The normalized spacial score (nSPS) is 12.0. The zero-order valence-corrected chi connectivity index (χ0v) is 8.25. The molecule has 0 bridgehead atoms. The Bertz CT molecular complexity index is 75.8. The molecule has 0 saturated carbocycles. The van der Waals surface area contributed by atoms with E-state index in [4.69, 9.17) is 4.74 Å². The maximum atomic E-state index is 5.21. The molecule has 0 heterocycles. The van der Waals surface area contributed by atoms with Gasteiger partial charge in [0, 0.05) is 17.1 Å². The van der Waals surface area contributed by atoms with Crippen LogP contribution in [0.1, 0.15) is 27.7 Å². The van der Waals surface area contributed by atoms with Gasteiger partial charge in [-0.2, -0.15) is 11.8 Å². The summed E-state index contributed by atoms with van der Waals surface area (Å²) in [6.07, 6.45) is 0. The summed E-state index contributed by atoms with van der Waals surface area (Å²) in [6, 6.07) is 0. The predicted octanol–water partition coefficient (Wildman–Crippen LogP) is 2.55. The molecule has 0 aliphatic heterocycles. The fourth-order valence-electron chi connectivity index (χ4n) is 0.551. The monoisotopic (exact) mass is 162 g/mol. The Morgan fingerprint density at radius 2 is 1.90 bits per heavy atom. The first-order chi connectivity index (χ1) is 4.56. The van der Waals surface area contributed by atoms with Crippen LogP contribution in [0.5, 0.6) is 0 Å². The Morgan fingerprint density at radius 3 is 2.30 bits per heavy atom. The zero-order valence-electron chi connectivity index (χ0n) is 7.44. The average Bonchev–Trinajstić information content (AvgIpc) is 1.78. The van der Waals surface area contributed by atoms with Crippen molar-refractivity contribution in [2.45, 2.75) is 32.4 Å². The molecule has 0 N–H and O–H groups in total. The second kappa shape index (κ2) is 5.03. The van der Waals surface area contributed by atoms with Gasteiger partial charge in [-0.25, -0.2) is 0 Å². The minimum Gasteiger partial charge on any atom is -0.381 e. The third-order valence-corrected chi connectivity index (χ3v) is 2.20. The lowest BCUT2D eigenvalue weighted by atomic mass is 10.3. The molecule has 0 aliphatic rings. The highest BCUT2D eigenvalue weighted by Crippen LogP contribution is 2.22. The van der Waals surface area contributed by atoms with Gasteiger partial charge < -0.3 is 4.74 Å². The van der Waals surface area contributed by atoms with E-state index in [0.29, 0.717) is 4.75 Å². The zero-order chi connectivity index (χ0) is 8.04. The molecule has 0 unspecified atom stereocenters. The molecule has 10 heavy (non-hydrogen) atoms. The largest absolute Gasteiger partial charge is 0.381 e. The molecule has 0 aromatic heterocycles. The summed E-state index contributed by atoms with van der Waals surface area (Å²) in [5, 5.41) is 0. The molecule has 0 spiro atoms. The van der Waals surface area contributed by atoms with E-state index in [1.54, 1.807) is 0 Å². The third-order valence-electron chi connectivity index (χ3n) is 0.967. The van der Waals surface area contributed by atoms with Crippen LogP contribution in [0.3, 0.4) is 0 Å². The molecule has 1 nitrogen and oxygen atoms in total. The van der Waals surface area contributed by atoms with E-state index in [1.165, 1.54) is 0 Å². The van der Waals surface area contributed by atoms with Crippen molar-refractivity contribution in [2.24, 2.45) is 0 Å². The number of thioether (sulfide) groups is 1. The number of hydrogen-bond donors (Lipinski definition) is 0. The van der Waals surface area contributed by atoms with E-state index in [9.17, 15) is 0 Å². The van der Waals surface area contributed by atoms with Crippen LogP contribution >= 0.6 is 11.8 Å². The van der Waals surface area contributed by atoms with Crippen LogP contribution in [0.25, 0.3) is 0 Å². The lowest BCUT2D eigenvalue weighted by Crippen LogP contribution is -2.10. The van der Waals surface area contributed by atoms with E-state index >= 15 is 0 Å². The average molecular weight is 162 g/mol. The lowest BCUT2D eigenvalue weighted by Gasteiger charge is -2.16. The molecule has 0 aliphatic carbocycles. The van der Waals surface area contributed by atoms with Gasteiger partial charge in [0.2, 0.25) is 0 Å². The van der Waals surface area contributed by atoms with E-state index in [1.807, 2.05) is 18.7 Å². The number of ether oxygens (including phenoxy) is 1. The van der Waals surface area contributed by atoms with Crippen LogP contribution in [-0.4, -0.2) is 23.7 Å². The van der Waals surface area contributed by atoms with Gasteiger partial charge >= 0.3 is 0 Å². The quantitative estimate of drug-likeness (QED) is 0.588. The van der Waals surface area contributed by atoms with E-state index < -0.39 is 0 Å². The van der Waals surface area contributed by atoms with Crippen molar-refractivity contribution in [3.05, 3.63) is 0 Å². The number of hydrogen-bond acceptors (Lipinski definition) is 2. The Labute approximate surface area is 68.5 Å². The topological polar surface area (TPSA) is 9.23 Å². The SMILES string of the molecule is CCOCCSC(C)(C)C. The molecule has 62 valence electrons. The molecule has 0 rings (SSSR count). The minimum atomic E-state index is 0.386. The summed E-state index contributed by atoms with van der Waals surface area (Å²) < 4.78 is 5.59. The van der Waals surface area contributed by atoms with Crippen LogP contribution in [0.4, 0.5) is 0 Å². The summed E-state index contributed by atoms with van der Waals surface area (Å²) in [6.45, 7) is 10.4. The second-order valence-corrected chi connectivity index (χ2v) is 5.08. The van der Waals surface area contributed by atoms with Gasteiger partial charge in [0.05, 0.1) is 6.61 Å². The summed E-state index contributed by atoms with van der Waals surface area (Å²) in [7, 11) is 0. The fourth-order valence-corrected chi connectivity index (χ4v) is 1.36. The molecule has 0 fully saturated rings. The van der Waals surface area contributed by atoms with Crippen molar-refractivity contribution in [3.8, 4) is 0 Å². The van der Waals surface area contributed by atoms with Crippen LogP contribution in [0.15, 0.2) is 0 Å². The summed E-state index contributed by atoms with van der Waals surface area (Å²) in [5.74, 6) is 1.11. The molecule has 0 saturated heterocycles. The highest BCUT2D eigenvalue weighted by Gasteiger charge is 2.08. The van der Waals surface area contributed by atoms with E-state index in [2.05, 4.69) is 20.8 Å². The number of rotatable bonds is 4. The lowest BCUT2D eigenvalue weighted by molar-refractivity contribution is 0.164. The van der Waals surface area contributed by atoms with Crippen LogP contribution in [0.2, 0.25) is 0 Å². The Balaban J connectivity index is 3.04. The maximum absolute atomic E-state index is 5.21. The molecule has 2 heteroatoms. The van der Waals surface area contributed by atoms with Crippen molar-refractivity contribution < 1.29 is 4.74 Å². The van der Waals surface area contributed by atoms with Crippen molar-refractivity contribution in [1.82, 2.24) is 0 Å². The first-order valence-corrected chi connectivity index (χ1v) is 4.76. The Morgan fingerprint density at radius 1 is 1.30 bits per heavy atom. The molecule has 0 aromatic carbocycles. The van der Waals surface area contributed by atoms with Crippen LogP contribution in [-0.2, 0) is 4.74 Å². The van der Waals surface area contributed by atoms with E-state index in [-0.39, 0.29) is 0 Å². The third kappa shape index (κ3) is 8.31. The van der Waals surface area contributed by atoms with Gasteiger partial charge in [0.15, 0.2) is 0 Å². The molecule has 0 atom stereocenters. The predicted molar refractivity (Wildman–Crippen MR) is 48.7 cm³/mol. The minimum absolute atomic E-state index is 0.386. The standard InChI is InChI=1S/C8H18OS/c1-5-9-6-7-10-8(2,3)4/h5-7H2,1-4H3. The van der Waals surface area contributed by atoms with Gasteiger partial charge in [-0.15, -0.1) is 0 Å². The summed E-state index contributed by atoms with van der Waals surface area (Å²) in [4.78, 5) is 0. The molecule has 0 aromatic rings. The van der Waals surface area contributed by atoms with Gasteiger partial charge in [-0.1, -0.05) is 20.8 Å². The van der Waals surface area contributed by atoms with Crippen LogP contribution < -0.4 is 0 Å². The smallest absolute Gasteiger partial charge is 0.0556 e. The van der Waals surface area contributed by atoms with E-state index in [0.717, 1.165) is 19.0 Å². The van der Waals surface area contributed by atoms with Gasteiger partial charge in [0.25, 0.3) is 0 Å². The summed E-state index contributed by atoms with van der Waals surface area (Å²) >= 11 is 1.95. The Hall–Kier alpha value is 0.310. The Kier molecular flexibility index (Phi) is 5.18. The molecule has 0 amide bonds. The van der Waals surface area contributed by atoms with Gasteiger partial charge in [0.1, 0.15) is 0 Å². The second-order valence-electron chi connectivity index (χ2n) is 3.16. The molecular weight excluding hydrogens is 144 g/mol. The maximum Gasteiger partial charge on any atom is 0.0556 e. The highest BCUT2D eigenvalue weighted by molar-refractivity contribution is 8.00. The van der Waals surface area contributed by atoms with Crippen LogP contribution in [0, 0.1) is 0 Å². The molecular formula is C8H18OS. The van der Waals surface area contributed by atoms with Crippen molar-refractivity contribution in [3.63, 3.8) is 0 Å². The molecule has 0 radical (unpaired) electrons. The summed E-state index contributed by atoms with van der Waals surface area (Å²) in [5.41, 5.74) is 0. The van der Waals surface area contributed by atoms with Crippen molar-refractivity contribution >= 4 is 11.8 Å². The first kappa shape index (κ1) is 10.3. The van der Waals surface area contributed by atoms with Crippen molar-refractivity contribution in [2.75, 3.05) is 19.0 Å². The fraction of sp³-hybridized carbons (Fsp3) is 1.00.